The molecule has 0 saturated heterocycles. The summed E-state index contributed by atoms with van der Waals surface area (Å²) in [6.07, 6.45) is 0.717. The van der Waals surface area contributed by atoms with Gasteiger partial charge >= 0.3 is 5.69 Å². The summed E-state index contributed by atoms with van der Waals surface area (Å²) >= 11 is 1.28. The molecule has 27 heavy (non-hydrogen) atoms. The molecular formula is C20H21N3O3S. The van der Waals surface area contributed by atoms with E-state index in [1.807, 2.05) is 37.3 Å². The van der Waals surface area contributed by atoms with E-state index in [4.69, 9.17) is 4.74 Å². The fourth-order valence-electron chi connectivity index (χ4n) is 2.68. The molecule has 0 aliphatic heterocycles. The first-order valence-electron chi connectivity index (χ1n) is 8.62. The number of ketones is 1. The lowest BCUT2D eigenvalue weighted by molar-refractivity contribution is 0.0994. The molecule has 1 unspecified atom stereocenters. The standard InChI is InChI=1S/C20H21N3O3S/c1-14(18(24)16-8-10-17(26-2)11-9-16)27-20-22-21-19(25)23(20)13-12-15-6-4-3-5-7-15/h3-11,14H,12-13H2,1-2H3,(H,21,25). The molecule has 0 fully saturated rings. The maximum atomic E-state index is 12.7. The number of aromatic nitrogens is 3. The van der Waals surface area contributed by atoms with E-state index >= 15 is 0 Å². The molecule has 1 atom stereocenters. The zero-order valence-corrected chi connectivity index (χ0v) is 16.0. The fraction of sp³-hybridized carbons (Fsp3) is 0.250. The number of nitrogens with one attached hydrogen (secondary N) is 1. The summed E-state index contributed by atoms with van der Waals surface area (Å²) in [5.41, 5.74) is 1.48. The number of hydrogen-bond donors (Lipinski definition) is 1. The topological polar surface area (TPSA) is 77.0 Å². The number of H-pyrrole nitrogens is 1. The zero-order valence-electron chi connectivity index (χ0n) is 15.2. The van der Waals surface area contributed by atoms with Gasteiger partial charge in [0.25, 0.3) is 0 Å². The number of hydrogen-bond acceptors (Lipinski definition) is 5. The predicted molar refractivity (Wildman–Crippen MR) is 106 cm³/mol. The Morgan fingerprint density at radius 2 is 1.89 bits per heavy atom. The van der Waals surface area contributed by atoms with E-state index in [0.717, 1.165) is 5.56 Å². The maximum Gasteiger partial charge on any atom is 0.343 e. The number of Topliss-reactive ketones (excluding diaryl/α,β-unsaturated/α-hetero) is 1. The van der Waals surface area contributed by atoms with Crippen molar-refractivity contribution >= 4 is 17.5 Å². The summed E-state index contributed by atoms with van der Waals surface area (Å²) < 4.78 is 6.70. The van der Waals surface area contributed by atoms with Crippen LogP contribution in [0.4, 0.5) is 0 Å². The molecule has 3 rings (SSSR count). The highest BCUT2D eigenvalue weighted by atomic mass is 32.2. The van der Waals surface area contributed by atoms with Gasteiger partial charge in [0.05, 0.1) is 12.4 Å². The van der Waals surface area contributed by atoms with Crippen LogP contribution in [-0.2, 0) is 13.0 Å². The van der Waals surface area contributed by atoms with Gasteiger partial charge in [-0.2, -0.15) is 0 Å². The molecule has 0 bridgehead atoms. The highest BCUT2D eigenvalue weighted by Crippen LogP contribution is 2.24. The molecular weight excluding hydrogens is 362 g/mol. The van der Waals surface area contributed by atoms with E-state index in [2.05, 4.69) is 10.2 Å². The summed E-state index contributed by atoms with van der Waals surface area (Å²) in [6.45, 7) is 2.32. The van der Waals surface area contributed by atoms with Gasteiger partial charge in [-0.3, -0.25) is 9.36 Å². The molecule has 0 aliphatic rings. The molecule has 1 aromatic heterocycles. The molecule has 2 aromatic carbocycles. The van der Waals surface area contributed by atoms with Crippen LogP contribution in [0.5, 0.6) is 5.75 Å². The van der Waals surface area contributed by atoms with Crippen LogP contribution in [0.2, 0.25) is 0 Å². The summed E-state index contributed by atoms with van der Waals surface area (Å²) in [5, 5.41) is 6.72. The lowest BCUT2D eigenvalue weighted by atomic mass is 10.1. The third-order valence-electron chi connectivity index (χ3n) is 4.22. The first kappa shape index (κ1) is 19.0. The highest BCUT2D eigenvalue weighted by Gasteiger charge is 2.20. The molecule has 0 amide bonds. The third kappa shape index (κ3) is 4.68. The maximum absolute atomic E-state index is 12.7. The molecule has 6 nitrogen and oxygen atoms in total. The Labute approximate surface area is 161 Å². The van der Waals surface area contributed by atoms with Gasteiger partial charge in [0.1, 0.15) is 5.75 Å². The van der Waals surface area contributed by atoms with Crippen LogP contribution in [0, 0.1) is 0 Å². The monoisotopic (exact) mass is 383 g/mol. The van der Waals surface area contributed by atoms with E-state index < -0.39 is 0 Å². The number of aryl methyl sites for hydroxylation is 1. The quantitative estimate of drug-likeness (QED) is 0.477. The minimum absolute atomic E-state index is 0.0206. The van der Waals surface area contributed by atoms with Gasteiger partial charge in [-0.15, -0.1) is 5.10 Å². The number of methoxy groups -OCH3 is 1. The Bertz CT molecular complexity index is 949. The fourth-order valence-corrected chi connectivity index (χ4v) is 3.64. The first-order valence-corrected chi connectivity index (χ1v) is 9.50. The average Bonchev–Trinajstić information content (AvgIpc) is 3.05. The number of rotatable bonds is 8. The number of aromatic amines is 1. The molecule has 3 aromatic rings. The normalized spacial score (nSPS) is 11.9. The molecule has 0 aliphatic carbocycles. The highest BCUT2D eigenvalue weighted by molar-refractivity contribution is 8.00. The molecule has 0 spiro atoms. The predicted octanol–water partition coefficient (Wildman–Crippen LogP) is 3.19. The molecule has 140 valence electrons. The van der Waals surface area contributed by atoms with E-state index in [1.54, 1.807) is 35.9 Å². The van der Waals surface area contributed by atoms with Gasteiger partial charge in [-0.05, 0) is 43.2 Å². The first-order chi connectivity index (χ1) is 13.1. The van der Waals surface area contributed by atoms with E-state index in [0.29, 0.717) is 29.4 Å². The Kier molecular flexibility index (Phi) is 6.13. The van der Waals surface area contributed by atoms with Gasteiger partial charge in [0.15, 0.2) is 10.9 Å². The Morgan fingerprint density at radius 1 is 1.19 bits per heavy atom. The minimum Gasteiger partial charge on any atom is -0.497 e. The van der Waals surface area contributed by atoms with Crippen molar-refractivity contribution in [1.29, 1.82) is 0 Å². The number of nitrogens with zero attached hydrogens (tertiary/aromatic N) is 2. The van der Waals surface area contributed by atoms with E-state index in [-0.39, 0.29) is 16.7 Å². The third-order valence-corrected chi connectivity index (χ3v) is 5.31. The second kappa shape index (κ2) is 8.73. The Hall–Kier alpha value is -2.80. The SMILES string of the molecule is COc1ccc(C(=O)C(C)Sc2n[nH]c(=O)n2CCc2ccccc2)cc1. The number of carbonyl (C=O) groups is 1. The lowest BCUT2D eigenvalue weighted by Gasteiger charge is -2.11. The summed E-state index contributed by atoms with van der Waals surface area (Å²) in [4.78, 5) is 24.7. The van der Waals surface area contributed by atoms with Crippen LogP contribution in [0.1, 0.15) is 22.8 Å². The molecule has 0 saturated carbocycles. The van der Waals surface area contributed by atoms with Crippen LogP contribution in [0.3, 0.4) is 0 Å². The van der Waals surface area contributed by atoms with Crippen LogP contribution < -0.4 is 10.4 Å². The summed E-state index contributed by atoms with van der Waals surface area (Å²) in [6, 6.07) is 16.9. The number of carbonyl (C=O) groups excluding carboxylic acids is 1. The lowest BCUT2D eigenvalue weighted by Crippen LogP contribution is -2.20. The van der Waals surface area contributed by atoms with E-state index in [9.17, 15) is 9.59 Å². The Morgan fingerprint density at radius 3 is 2.56 bits per heavy atom. The minimum atomic E-state index is -0.371. The van der Waals surface area contributed by atoms with Gasteiger partial charge in [-0.25, -0.2) is 9.89 Å². The van der Waals surface area contributed by atoms with Gasteiger partial charge < -0.3 is 4.74 Å². The van der Waals surface area contributed by atoms with Crippen LogP contribution in [0.15, 0.2) is 64.5 Å². The van der Waals surface area contributed by atoms with Crippen molar-refractivity contribution in [3.05, 3.63) is 76.2 Å². The number of ether oxygens (including phenoxy) is 1. The average molecular weight is 383 g/mol. The van der Waals surface area contributed by atoms with Crippen LogP contribution in [-0.4, -0.2) is 32.9 Å². The van der Waals surface area contributed by atoms with Crippen molar-refractivity contribution in [3.63, 3.8) is 0 Å². The number of benzene rings is 2. The second-order valence-electron chi connectivity index (χ2n) is 6.05. The van der Waals surface area contributed by atoms with Crippen LogP contribution >= 0.6 is 11.8 Å². The van der Waals surface area contributed by atoms with Gasteiger partial charge in [-0.1, -0.05) is 42.1 Å². The van der Waals surface area contributed by atoms with Crippen molar-refractivity contribution in [1.82, 2.24) is 14.8 Å². The van der Waals surface area contributed by atoms with Crippen molar-refractivity contribution in [3.8, 4) is 5.75 Å². The molecule has 1 N–H and O–H groups in total. The molecule has 1 heterocycles. The summed E-state index contributed by atoms with van der Waals surface area (Å²) in [5.74, 6) is 0.682. The van der Waals surface area contributed by atoms with Gasteiger partial charge in [0.2, 0.25) is 0 Å². The van der Waals surface area contributed by atoms with Crippen molar-refractivity contribution < 1.29 is 9.53 Å². The smallest absolute Gasteiger partial charge is 0.343 e. The van der Waals surface area contributed by atoms with Crippen molar-refractivity contribution in [2.24, 2.45) is 0 Å². The zero-order chi connectivity index (χ0) is 19.2. The molecule has 7 heteroatoms. The Balaban J connectivity index is 1.69. The van der Waals surface area contributed by atoms with Crippen molar-refractivity contribution in [2.75, 3.05) is 7.11 Å². The van der Waals surface area contributed by atoms with Gasteiger partial charge in [0, 0.05) is 12.1 Å². The molecule has 0 radical (unpaired) electrons. The largest absolute Gasteiger partial charge is 0.497 e. The summed E-state index contributed by atoms with van der Waals surface area (Å²) in [7, 11) is 1.58. The number of thioether (sulfide) groups is 1. The van der Waals surface area contributed by atoms with Crippen molar-refractivity contribution in [2.45, 2.75) is 30.3 Å². The second-order valence-corrected chi connectivity index (χ2v) is 7.36. The van der Waals surface area contributed by atoms with E-state index in [1.165, 1.54) is 11.8 Å². The van der Waals surface area contributed by atoms with Crippen LogP contribution in [0.25, 0.3) is 0 Å².